The maximum absolute atomic E-state index is 15.8. The highest BCUT2D eigenvalue weighted by Gasteiger charge is 2.60. The van der Waals surface area contributed by atoms with E-state index in [1.807, 2.05) is 32.0 Å². The molecule has 15 atom stereocenters. The second-order valence-corrected chi connectivity index (χ2v) is 36.8. The number of hydrogen-bond acceptors (Lipinski definition) is 24. The van der Waals surface area contributed by atoms with Crippen LogP contribution in [-0.2, 0) is 107 Å². The standard InChI is InChI=1S/C92H129N23O20S2/c1-10-13-24-71-86(131)105-61(23-19-33-98-91(95)96)80(125)110-69(79(124)101-44-75(94)120)47-136-48-77(122)104-66(35-52-27-29-56(117)30-28-52)87(132)113(7)70(12-3)85(130)107-65(39-74(93)119)78(123)100-43-57(118)31-32-76(121)103-64(38-55-42-97-49-102-55)82(127)106-62(34-50(4)5)84(129)112-92(40-51(92)6)90(135)111-63(36-53-41-99-60-22-17-15-20-58(53)60)81(126)109-68(45-116)83(128)108-67(37-54-46-137-73-26-18-16-21-59(54)73)88(133)115(9)72(25-14-11-2)89(134)114(71)8/h12,15-18,20-22,26-30,41-42,46,49-51,57,61-72,99,116-118H,3,10-11,13-14,19,23-25,31-40,43-45,47-48H2,1-2,4-9H3,(H2,93,119)(H2,94,120)(H,97,102)(H,100,123)(H,101,124)(H,103,121)(H,104,122)(H,105,131)(H,106,127)(H,107,130)(H,108,128)(H,109,126)(H,110,125)(H,111,135)(H,112,129)(H4,95,96,98)/t51-,57+,61-,62-,63-,64-,65-,66-,67-,68-,69?,70-,71-,72-,92?/m0/s1. The fourth-order valence-corrected chi connectivity index (χ4v) is 17.7. The Balaban J connectivity index is 1.17. The molecule has 2 aliphatic rings. The number of rotatable bonds is 27. The van der Waals surface area contributed by atoms with Gasteiger partial charge in [-0.3, -0.25) is 86.9 Å². The van der Waals surface area contributed by atoms with E-state index in [4.69, 9.17) is 22.6 Å². The van der Waals surface area contributed by atoms with Gasteiger partial charge in [0, 0.05) is 106 Å². The van der Waals surface area contributed by atoms with E-state index >= 15 is 28.8 Å². The third kappa shape index (κ3) is 32.0. The van der Waals surface area contributed by atoms with Crippen molar-refractivity contribution in [3.63, 3.8) is 0 Å². The van der Waals surface area contributed by atoms with Gasteiger partial charge in [0.25, 0.3) is 0 Å². The van der Waals surface area contributed by atoms with Gasteiger partial charge in [0.1, 0.15) is 83.8 Å². The molecule has 137 heavy (non-hydrogen) atoms. The molecule has 3 aromatic carbocycles. The molecule has 1 aliphatic heterocycles. The Hall–Kier alpha value is -13.6. The van der Waals surface area contributed by atoms with Gasteiger partial charge in [0.05, 0.1) is 37.8 Å². The second kappa shape index (κ2) is 52.5. The number of β-amino-alcohol motifs (C(OH)–C–C–N with tert-alkyl or cyclic N) is 1. The van der Waals surface area contributed by atoms with Gasteiger partial charge in [0.15, 0.2) is 5.96 Å². The molecule has 43 nitrogen and oxygen atoms in total. The van der Waals surface area contributed by atoms with Crippen LogP contribution in [0.1, 0.15) is 140 Å². The van der Waals surface area contributed by atoms with Crippen LogP contribution in [0.25, 0.3) is 21.0 Å². The van der Waals surface area contributed by atoms with Crippen molar-refractivity contribution in [2.45, 2.75) is 228 Å². The summed E-state index contributed by atoms with van der Waals surface area (Å²) in [6.45, 7) is 10.2. The van der Waals surface area contributed by atoms with E-state index in [1.165, 1.54) is 69.3 Å². The first kappa shape index (κ1) is 109. The summed E-state index contributed by atoms with van der Waals surface area (Å²) in [4.78, 5) is 260. The van der Waals surface area contributed by atoms with Crippen molar-refractivity contribution >= 4 is 150 Å². The molecule has 1 aliphatic carbocycles. The van der Waals surface area contributed by atoms with Crippen molar-refractivity contribution in [2.24, 2.45) is 29.0 Å². The molecule has 1 saturated carbocycles. The van der Waals surface area contributed by atoms with Crippen molar-refractivity contribution in [2.75, 3.05) is 58.9 Å². The summed E-state index contributed by atoms with van der Waals surface area (Å²) in [5.74, 6) is -18.4. The second-order valence-electron chi connectivity index (χ2n) is 34.8. The maximum atomic E-state index is 15.8. The summed E-state index contributed by atoms with van der Waals surface area (Å²) in [5, 5.41) is 77.9. The summed E-state index contributed by atoms with van der Waals surface area (Å²) in [6.07, 6.45) is 2.60. The molecule has 744 valence electrons. The molecule has 45 heteroatoms. The molecular formula is C92H129N23O20S2. The van der Waals surface area contributed by atoms with Gasteiger partial charge in [-0.1, -0.05) is 115 Å². The Morgan fingerprint density at radius 2 is 1.21 bits per heavy atom. The minimum Gasteiger partial charge on any atom is -0.508 e. The Labute approximate surface area is 800 Å². The molecule has 6 aromatic rings. The number of hydrogen-bond donors (Lipinski definition) is 22. The van der Waals surface area contributed by atoms with Crippen LogP contribution in [0.2, 0.25) is 0 Å². The van der Waals surface area contributed by atoms with Gasteiger partial charge in [0.2, 0.25) is 100 Å². The molecule has 3 aromatic heterocycles. The number of guanidine groups is 1. The number of primary amides is 2. The quantitative estimate of drug-likeness (QED) is 0.0117. The lowest BCUT2D eigenvalue weighted by atomic mass is 10.00. The number of unbranched alkanes of at least 4 members (excludes halogenated alkanes) is 2. The summed E-state index contributed by atoms with van der Waals surface area (Å²) in [6, 6.07) is 1.10. The molecule has 2 fully saturated rings. The number of likely N-dealkylation sites (N-methyl/N-ethyl adjacent to an activating group) is 3. The number of aliphatic hydroxyl groups is 2. The van der Waals surface area contributed by atoms with Crippen LogP contribution in [0.3, 0.4) is 0 Å². The number of nitrogens with zero attached hydrogens (tertiary/aromatic N) is 4. The van der Waals surface area contributed by atoms with Gasteiger partial charge in [-0.25, -0.2) is 4.98 Å². The molecule has 25 N–H and O–H groups in total. The zero-order valence-electron chi connectivity index (χ0n) is 78.1. The zero-order valence-corrected chi connectivity index (χ0v) is 79.7. The number of para-hydroxylation sites is 1. The molecule has 0 radical (unpaired) electrons. The Morgan fingerprint density at radius 3 is 1.85 bits per heavy atom. The Kier molecular flexibility index (Phi) is 41.7. The number of amides is 17. The number of thioether (sulfide) groups is 1. The first-order valence-corrected chi connectivity index (χ1v) is 47.5. The number of fused-ring (bicyclic) bond motifs is 2. The lowest BCUT2D eigenvalue weighted by molar-refractivity contribution is -0.149. The number of imidazole rings is 1. The highest BCUT2D eigenvalue weighted by atomic mass is 32.2. The van der Waals surface area contributed by atoms with Crippen LogP contribution in [0, 0.1) is 17.2 Å². The molecule has 1 saturated heterocycles. The highest BCUT2D eigenvalue weighted by molar-refractivity contribution is 8.00. The van der Waals surface area contributed by atoms with Crippen LogP contribution in [-0.4, -0.2) is 294 Å². The molecule has 8 rings (SSSR count). The van der Waals surface area contributed by atoms with Gasteiger partial charge >= 0.3 is 0 Å². The predicted octanol–water partition coefficient (Wildman–Crippen LogP) is -1.83. The number of aromatic hydroxyl groups is 1. The number of aromatic nitrogens is 3. The number of phenols is 1. The number of aromatic amines is 2. The van der Waals surface area contributed by atoms with E-state index in [2.05, 4.69) is 90.6 Å². The van der Waals surface area contributed by atoms with E-state index in [-0.39, 0.29) is 88.8 Å². The number of aliphatic hydroxyl groups excluding tert-OH is 2. The first-order chi connectivity index (χ1) is 65.2. The molecule has 0 bridgehead atoms. The van der Waals surface area contributed by atoms with Crippen LogP contribution in [0.4, 0.5) is 0 Å². The Morgan fingerprint density at radius 1 is 0.620 bits per heavy atom. The molecule has 1 spiro atoms. The topological polar surface area (TPSA) is 663 Å². The lowest BCUT2D eigenvalue weighted by Gasteiger charge is -2.36. The third-order valence-corrected chi connectivity index (χ3v) is 25.8. The largest absolute Gasteiger partial charge is 0.508 e. The zero-order chi connectivity index (χ0) is 100. The minimum absolute atomic E-state index is 0.00355. The number of carbonyl (C=O) groups is 17. The average Bonchev–Trinajstić information content (AvgIpc) is 1.58. The Bertz CT molecular complexity index is 5270. The van der Waals surface area contributed by atoms with Gasteiger partial charge in [-0.2, -0.15) is 0 Å². The van der Waals surface area contributed by atoms with E-state index in [0.29, 0.717) is 64.4 Å². The number of nitrogens with one attached hydrogen (secondary N) is 16. The van der Waals surface area contributed by atoms with Crippen molar-refractivity contribution in [1.82, 2.24) is 98.8 Å². The van der Waals surface area contributed by atoms with Gasteiger partial charge in [-0.15, -0.1) is 29.7 Å². The van der Waals surface area contributed by atoms with Crippen molar-refractivity contribution in [3.8, 4) is 5.75 Å². The van der Waals surface area contributed by atoms with Crippen LogP contribution in [0.5, 0.6) is 5.75 Å². The number of thiophene rings is 1. The van der Waals surface area contributed by atoms with Crippen LogP contribution < -0.4 is 86.3 Å². The third-order valence-electron chi connectivity index (χ3n) is 23.8. The van der Waals surface area contributed by atoms with E-state index in [9.17, 15) is 68.1 Å². The van der Waals surface area contributed by atoms with Gasteiger partial charge < -0.3 is 126 Å². The predicted molar refractivity (Wildman–Crippen MR) is 510 cm³/mol. The average molecular weight is 1940 g/mol. The first-order valence-electron chi connectivity index (χ1n) is 45.5. The lowest BCUT2D eigenvalue weighted by Crippen LogP contribution is -2.62. The van der Waals surface area contributed by atoms with E-state index in [1.54, 1.807) is 62.7 Å². The van der Waals surface area contributed by atoms with Crippen LogP contribution in [0.15, 0.2) is 110 Å². The van der Waals surface area contributed by atoms with E-state index < -0.39 is 240 Å². The van der Waals surface area contributed by atoms with Crippen molar-refractivity contribution in [3.05, 3.63) is 132 Å². The SMILES string of the molecule is C=C[C@H]1C(=O)N[C@@H](CC(N)=O)C(=O)NC[C@H](O)CCC(=O)N[C@@H](Cc2cnc[nH]2)C(=O)N[C@@H](CC(C)C)C(=O)NC2(C[C@@H]2C)C(=O)N[C@@H](Cc2c[nH]c3ccccc23)C(=O)N[C@@H](CO)C(=O)N[C@@H](Cc2csc3ccccc23)C(=O)N(C)[C@@H](CCCC)C(=O)N(C)[C@@H](CCCC)C(=O)N[C@@H](CCCNC(=N)N)C(=O)NC(C(=O)NCC(N)=O)CSCC(=O)N[C@@H](Cc2ccc(O)cc2)C(=O)N1C. The smallest absolute Gasteiger partial charge is 0.247 e. The molecule has 4 heterocycles. The number of carbonyl (C=O) groups excluding carboxylic acids is 17. The number of H-pyrrole nitrogens is 2. The van der Waals surface area contributed by atoms with Crippen molar-refractivity contribution in [1.29, 1.82) is 5.41 Å². The summed E-state index contributed by atoms with van der Waals surface area (Å²) in [5.41, 5.74) is 17.4. The summed E-state index contributed by atoms with van der Waals surface area (Å²) in [7, 11) is 3.87. The number of benzene rings is 3. The number of phenolic OH excluding ortho intramolecular Hbond substituents is 1. The molecule has 17 amide bonds. The number of nitrogens with two attached hydrogens (primary N) is 3. The summed E-state index contributed by atoms with van der Waals surface area (Å²) >= 11 is 2.10. The normalized spacial score (nSPS) is 24.7. The molecule has 2 unspecified atom stereocenters. The fourth-order valence-electron chi connectivity index (χ4n) is 15.9. The fraction of sp³-hybridized carbons (Fsp3) is 0.511. The summed E-state index contributed by atoms with van der Waals surface area (Å²) < 4.78 is 0.817. The highest BCUT2D eigenvalue weighted by Crippen LogP contribution is 2.44. The molecular weight excluding hydrogens is 1810 g/mol. The minimum atomic E-state index is -1.85. The monoisotopic (exact) mass is 1940 g/mol. The van der Waals surface area contributed by atoms with Gasteiger partial charge in [-0.05, 0) is 109 Å². The van der Waals surface area contributed by atoms with E-state index in [0.717, 1.165) is 37.2 Å². The maximum Gasteiger partial charge on any atom is 0.247 e. The van der Waals surface area contributed by atoms with Crippen molar-refractivity contribution < 1.29 is 96.8 Å². The van der Waals surface area contributed by atoms with Crippen LogP contribution >= 0.6 is 23.1 Å².